The van der Waals surface area contributed by atoms with Crippen LogP contribution >= 0.6 is 0 Å². The van der Waals surface area contributed by atoms with Crippen LogP contribution in [-0.4, -0.2) is 35.4 Å². The van der Waals surface area contributed by atoms with Gasteiger partial charge in [0.05, 0.1) is 5.56 Å². The van der Waals surface area contributed by atoms with Crippen molar-refractivity contribution in [2.24, 2.45) is 0 Å². The lowest BCUT2D eigenvalue weighted by atomic mass is 10.0. The fourth-order valence-corrected chi connectivity index (χ4v) is 2.79. The minimum absolute atomic E-state index is 0.0676. The highest BCUT2D eigenvalue weighted by molar-refractivity contribution is 5.94. The Labute approximate surface area is 131 Å². The van der Waals surface area contributed by atoms with E-state index in [1.54, 1.807) is 6.20 Å². The number of rotatable bonds is 2. The summed E-state index contributed by atoms with van der Waals surface area (Å²) < 4.78 is 0. The average molecular weight is 295 g/mol. The molecular weight excluding hydrogens is 274 g/mol. The van der Waals surface area contributed by atoms with Crippen molar-refractivity contribution in [3.63, 3.8) is 0 Å². The summed E-state index contributed by atoms with van der Waals surface area (Å²) >= 11 is 0. The second kappa shape index (κ2) is 6.28. The van der Waals surface area contributed by atoms with Crippen LogP contribution in [0.3, 0.4) is 0 Å². The molecule has 1 aromatic heterocycles. The monoisotopic (exact) mass is 295 g/mol. The van der Waals surface area contributed by atoms with Crippen molar-refractivity contribution in [2.45, 2.75) is 19.9 Å². The normalized spacial score (nSPS) is 18.3. The summed E-state index contributed by atoms with van der Waals surface area (Å²) in [5.41, 5.74) is 3.93. The number of carbonyl (C=O) groups excluding carboxylic acids is 1. The molecule has 1 saturated heterocycles. The van der Waals surface area contributed by atoms with Crippen LogP contribution in [0.15, 0.2) is 42.6 Å². The van der Waals surface area contributed by atoms with Crippen LogP contribution < -0.4 is 5.32 Å². The maximum atomic E-state index is 12.7. The molecule has 0 spiro atoms. The Kier molecular flexibility index (Phi) is 4.20. The zero-order valence-corrected chi connectivity index (χ0v) is 13.0. The second-order valence-corrected chi connectivity index (χ2v) is 5.79. The SMILES string of the molecule is Cc1cc(C(=O)N2CCN[C@@H](c3ccccc3)C2)cnc1C. The Morgan fingerprint density at radius 1 is 1.27 bits per heavy atom. The first-order valence-corrected chi connectivity index (χ1v) is 7.66. The summed E-state index contributed by atoms with van der Waals surface area (Å²) in [4.78, 5) is 18.9. The zero-order chi connectivity index (χ0) is 15.5. The van der Waals surface area contributed by atoms with E-state index in [0.717, 1.165) is 24.3 Å². The number of benzene rings is 1. The molecule has 1 aliphatic heterocycles. The molecule has 0 unspecified atom stereocenters. The highest BCUT2D eigenvalue weighted by atomic mass is 16.2. The third-order valence-electron chi connectivity index (χ3n) is 4.25. The van der Waals surface area contributed by atoms with Gasteiger partial charge in [0.25, 0.3) is 5.91 Å². The Hall–Kier alpha value is -2.20. The number of aromatic nitrogens is 1. The van der Waals surface area contributed by atoms with Crippen LogP contribution in [0.5, 0.6) is 0 Å². The van der Waals surface area contributed by atoms with Gasteiger partial charge < -0.3 is 10.2 Å². The lowest BCUT2D eigenvalue weighted by Gasteiger charge is -2.34. The largest absolute Gasteiger partial charge is 0.335 e. The number of hydrogen-bond acceptors (Lipinski definition) is 3. The smallest absolute Gasteiger partial charge is 0.255 e. The molecule has 1 N–H and O–H groups in total. The van der Waals surface area contributed by atoms with Crippen LogP contribution in [0.1, 0.15) is 33.2 Å². The molecule has 1 amide bonds. The summed E-state index contributed by atoms with van der Waals surface area (Å²) in [6, 6.07) is 12.4. The van der Waals surface area contributed by atoms with Crippen LogP contribution in [0, 0.1) is 13.8 Å². The molecule has 1 atom stereocenters. The predicted molar refractivity (Wildman–Crippen MR) is 86.8 cm³/mol. The molecule has 2 heterocycles. The second-order valence-electron chi connectivity index (χ2n) is 5.79. The molecule has 0 radical (unpaired) electrons. The van der Waals surface area contributed by atoms with E-state index in [0.29, 0.717) is 12.1 Å². The number of aryl methyl sites for hydroxylation is 2. The fraction of sp³-hybridized carbons (Fsp3) is 0.333. The molecule has 4 nitrogen and oxygen atoms in total. The molecular formula is C18H21N3O. The first-order valence-electron chi connectivity index (χ1n) is 7.66. The third-order valence-corrected chi connectivity index (χ3v) is 4.25. The van der Waals surface area contributed by atoms with Gasteiger partial charge in [0.15, 0.2) is 0 Å². The first kappa shape index (κ1) is 14.7. The molecule has 0 saturated carbocycles. The molecule has 4 heteroatoms. The number of piperazine rings is 1. The highest BCUT2D eigenvalue weighted by Crippen LogP contribution is 2.19. The molecule has 3 rings (SSSR count). The third kappa shape index (κ3) is 3.02. The van der Waals surface area contributed by atoms with Crippen LogP contribution in [0.2, 0.25) is 0 Å². The standard InChI is InChI=1S/C18H21N3O/c1-13-10-16(11-20-14(13)2)18(22)21-9-8-19-17(12-21)15-6-4-3-5-7-15/h3-7,10-11,17,19H,8-9,12H2,1-2H3/t17-/m1/s1. The Balaban J connectivity index is 1.76. The summed E-state index contributed by atoms with van der Waals surface area (Å²) in [7, 11) is 0. The van der Waals surface area contributed by atoms with Crippen LogP contribution in [0.4, 0.5) is 0 Å². The topological polar surface area (TPSA) is 45.2 Å². The van der Waals surface area contributed by atoms with Crippen LogP contribution in [-0.2, 0) is 0 Å². The maximum absolute atomic E-state index is 12.7. The molecule has 22 heavy (non-hydrogen) atoms. The summed E-state index contributed by atoms with van der Waals surface area (Å²) in [5, 5.41) is 3.48. The van der Waals surface area contributed by atoms with Gasteiger partial charge >= 0.3 is 0 Å². The quantitative estimate of drug-likeness (QED) is 0.926. The van der Waals surface area contributed by atoms with Crippen molar-refractivity contribution in [3.8, 4) is 0 Å². The lowest BCUT2D eigenvalue weighted by Crippen LogP contribution is -2.48. The first-order chi connectivity index (χ1) is 10.6. The van der Waals surface area contributed by atoms with E-state index in [9.17, 15) is 4.79 Å². The number of pyridine rings is 1. The van der Waals surface area contributed by atoms with Gasteiger partial charge in [-0.2, -0.15) is 0 Å². The van der Waals surface area contributed by atoms with Crippen molar-refractivity contribution >= 4 is 5.91 Å². The van der Waals surface area contributed by atoms with Gasteiger partial charge in [-0.15, -0.1) is 0 Å². The van der Waals surface area contributed by atoms with E-state index in [1.165, 1.54) is 5.56 Å². The summed E-state index contributed by atoms with van der Waals surface area (Å²) in [6.07, 6.45) is 1.68. The van der Waals surface area contributed by atoms with Crippen molar-refractivity contribution in [1.82, 2.24) is 15.2 Å². The molecule has 1 aromatic carbocycles. The Bertz CT molecular complexity index is 669. The van der Waals surface area contributed by atoms with Crippen molar-refractivity contribution in [3.05, 3.63) is 65.0 Å². The van der Waals surface area contributed by atoms with Crippen molar-refractivity contribution in [2.75, 3.05) is 19.6 Å². The number of carbonyl (C=O) groups is 1. The van der Waals surface area contributed by atoms with E-state index >= 15 is 0 Å². The molecule has 1 aliphatic rings. The number of nitrogens with one attached hydrogen (secondary N) is 1. The molecule has 0 bridgehead atoms. The zero-order valence-electron chi connectivity index (χ0n) is 13.0. The lowest BCUT2D eigenvalue weighted by molar-refractivity contribution is 0.0702. The Morgan fingerprint density at radius 2 is 2.05 bits per heavy atom. The number of nitrogens with zero attached hydrogens (tertiary/aromatic N) is 2. The highest BCUT2D eigenvalue weighted by Gasteiger charge is 2.25. The van der Waals surface area contributed by atoms with E-state index in [1.807, 2.05) is 43.0 Å². The predicted octanol–water partition coefficient (Wildman–Crippen LogP) is 2.49. The maximum Gasteiger partial charge on any atom is 0.255 e. The van der Waals surface area contributed by atoms with E-state index in [2.05, 4.69) is 22.4 Å². The average Bonchev–Trinajstić information content (AvgIpc) is 2.57. The summed E-state index contributed by atoms with van der Waals surface area (Å²) in [5.74, 6) is 0.0676. The van der Waals surface area contributed by atoms with Gasteiger partial charge in [0.1, 0.15) is 0 Å². The van der Waals surface area contributed by atoms with Gasteiger partial charge in [0, 0.05) is 37.6 Å². The van der Waals surface area contributed by atoms with Gasteiger partial charge in [0.2, 0.25) is 0 Å². The Morgan fingerprint density at radius 3 is 2.77 bits per heavy atom. The fourth-order valence-electron chi connectivity index (χ4n) is 2.79. The number of hydrogen-bond donors (Lipinski definition) is 1. The molecule has 1 fully saturated rings. The molecule has 0 aliphatic carbocycles. The minimum Gasteiger partial charge on any atom is -0.335 e. The van der Waals surface area contributed by atoms with Gasteiger partial charge in [-0.05, 0) is 31.0 Å². The van der Waals surface area contributed by atoms with Gasteiger partial charge in [-0.1, -0.05) is 30.3 Å². The van der Waals surface area contributed by atoms with E-state index in [4.69, 9.17) is 0 Å². The van der Waals surface area contributed by atoms with Crippen LogP contribution in [0.25, 0.3) is 0 Å². The number of amides is 1. The molecule has 2 aromatic rings. The summed E-state index contributed by atoms with van der Waals surface area (Å²) in [6.45, 7) is 6.18. The van der Waals surface area contributed by atoms with E-state index in [-0.39, 0.29) is 11.9 Å². The van der Waals surface area contributed by atoms with Gasteiger partial charge in [-0.25, -0.2) is 0 Å². The van der Waals surface area contributed by atoms with Crippen molar-refractivity contribution < 1.29 is 4.79 Å². The minimum atomic E-state index is 0.0676. The van der Waals surface area contributed by atoms with Gasteiger partial charge in [-0.3, -0.25) is 9.78 Å². The van der Waals surface area contributed by atoms with Crippen molar-refractivity contribution in [1.29, 1.82) is 0 Å². The van der Waals surface area contributed by atoms with E-state index < -0.39 is 0 Å². The molecule has 114 valence electrons.